The zero-order valence-corrected chi connectivity index (χ0v) is 16.6. The van der Waals surface area contributed by atoms with Gasteiger partial charge in [-0.05, 0) is 43.9 Å². The summed E-state index contributed by atoms with van der Waals surface area (Å²) in [5.41, 5.74) is 0.627. The number of benzene rings is 1. The van der Waals surface area contributed by atoms with Crippen molar-refractivity contribution in [1.82, 2.24) is 15.0 Å². The Kier molecular flexibility index (Phi) is 4.96. The SMILES string of the molecule is CCC1CCCCN1c1ncnc2cc(S(=O)(=O)Nc3nccs3)ccc12. The van der Waals surface area contributed by atoms with E-state index in [9.17, 15) is 8.42 Å². The van der Waals surface area contributed by atoms with Gasteiger partial charge < -0.3 is 4.90 Å². The second-order valence-electron chi connectivity index (χ2n) is 6.57. The maximum Gasteiger partial charge on any atom is 0.263 e. The maximum absolute atomic E-state index is 12.6. The number of aromatic nitrogens is 3. The number of fused-ring (bicyclic) bond motifs is 1. The van der Waals surface area contributed by atoms with E-state index < -0.39 is 10.0 Å². The van der Waals surface area contributed by atoms with Crippen molar-refractivity contribution in [2.75, 3.05) is 16.2 Å². The first kappa shape index (κ1) is 18.1. The van der Waals surface area contributed by atoms with Crippen LogP contribution >= 0.6 is 11.3 Å². The molecule has 1 saturated heterocycles. The average molecular weight is 404 g/mol. The summed E-state index contributed by atoms with van der Waals surface area (Å²) in [4.78, 5) is 15.3. The number of nitrogens with zero attached hydrogens (tertiary/aromatic N) is 4. The van der Waals surface area contributed by atoms with Gasteiger partial charge in [-0.1, -0.05) is 6.92 Å². The third kappa shape index (κ3) is 3.61. The van der Waals surface area contributed by atoms with E-state index >= 15 is 0 Å². The molecule has 1 aromatic carbocycles. The fourth-order valence-electron chi connectivity index (χ4n) is 3.57. The van der Waals surface area contributed by atoms with Gasteiger partial charge in [0.2, 0.25) is 0 Å². The van der Waals surface area contributed by atoms with E-state index in [4.69, 9.17) is 0 Å². The van der Waals surface area contributed by atoms with Crippen molar-refractivity contribution in [2.45, 2.75) is 43.5 Å². The number of rotatable bonds is 5. The van der Waals surface area contributed by atoms with Crippen LogP contribution < -0.4 is 9.62 Å². The second kappa shape index (κ2) is 7.40. The summed E-state index contributed by atoms with van der Waals surface area (Å²) in [6, 6.07) is 5.48. The Morgan fingerprint density at radius 3 is 2.93 bits per heavy atom. The molecule has 1 aliphatic heterocycles. The van der Waals surface area contributed by atoms with Crippen LogP contribution in [0.5, 0.6) is 0 Å². The van der Waals surface area contributed by atoms with Gasteiger partial charge in [0.1, 0.15) is 12.1 Å². The first-order valence-electron chi connectivity index (χ1n) is 9.02. The van der Waals surface area contributed by atoms with Crippen molar-refractivity contribution in [3.63, 3.8) is 0 Å². The predicted octanol–water partition coefficient (Wildman–Crippen LogP) is 3.66. The summed E-state index contributed by atoms with van der Waals surface area (Å²) >= 11 is 1.24. The van der Waals surface area contributed by atoms with Crippen LogP contribution in [0.15, 0.2) is 41.0 Å². The highest BCUT2D eigenvalue weighted by molar-refractivity contribution is 7.93. The van der Waals surface area contributed by atoms with E-state index in [-0.39, 0.29) is 4.90 Å². The highest BCUT2D eigenvalue weighted by Gasteiger charge is 2.24. The first-order valence-corrected chi connectivity index (χ1v) is 11.4. The van der Waals surface area contributed by atoms with E-state index in [1.807, 2.05) is 6.07 Å². The fraction of sp³-hybridized carbons (Fsp3) is 0.389. The lowest BCUT2D eigenvalue weighted by molar-refractivity contribution is 0.448. The van der Waals surface area contributed by atoms with Crippen molar-refractivity contribution in [3.05, 3.63) is 36.1 Å². The van der Waals surface area contributed by atoms with E-state index in [1.165, 1.54) is 24.1 Å². The molecular weight excluding hydrogens is 382 g/mol. The number of nitrogens with one attached hydrogen (secondary N) is 1. The van der Waals surface area contributed by atoms with Gasteiger partial charge in [0.15, 0.2) is 5.13 Å². The maximum atomic E-state index is 12.6. The zero-order valence-electron chi connectivity index (χ0n) is 15.0. The summed E-state index contributed by atoms with van der Waals surface area (Å²) in [6.45, 7) is 3.16. The summed E-state index contributed by atoms with van der Waals surface area (Å²) < 4.78 is 27.8. The van der Waals surface area contributed by atoms with Crippen LogP contribution in [-0.4, -0.2) is 36.0 Å². The smallest absolute Gasteiger partial charge is 0.263 e. The molecule has 1 aliphatic rings. The molecule has 7 nitrogen and oxygen atoms in total. The van der Waals surface area contributed by atoms with Gasteiger partial charge in [-0.25, -0.2) is 23.4 Å². The fourth-order valence-corrected chi connectivity index (χ4v) is 5.38. The lowest BCUT2D eigenvalue weighted by Gasteiger charge is -2.36. The molecule has 3 heterocycles. The molecule has 27 heavy (non-hydrogen) atoms. The summed E-state index contributed by atoms with van der Waals surface area (Å²) in [7, 11) is -3.70. The largest absolute Gasteiger partial charge is 0.353 e. The quantitative estimate of drug-likeness (QED) is 0.699. The first-order chi connectivity index (χ1) is 13.1. The Bertz CT molecular complexity index is 1040. The molecule has 0 bridgehead atoms. The van der Waals surface area contributed by atoms with Gasteiger partial charge >= 0.3 is 0 Å². The van der Waals surface area contributed by atoms with Crippen molar-refractivity contribution >= 4 is 43.2 Å². The lowest BCUT2D eigenvalue weighted by atomic mass is 9.99. The van der Waals surface area contributed by atoms with Crippen LogP contribution in [0.4, 0.5) is 10.9 Å². The number of anilines is 2. The molecule has 0 saturated carbocycles. The topological polar surface area (TPSA) is 88.1 Å². The highest BCUT2D eigenvalue weighted by atomic mass is 32.2. The number of thiazole rings is 1. The molecule has 1 N–H and O–H groups in total. The van der Waals surface area contributed by atoms with Crippen LogP contribution in [0.1, 0.15) is 32.6 Å². The Balaban J connectivity index is 1.72. The monoisotopic (exact) mass is 403 g/mol. The van der Waals surface area contributed by atoms with Crippen molar-refractivity contribution < 1.29 is 8.42 Å². The minimum Gasteiger partial charge on any atom is -0.353 e. The Labute approximate surface area is 162 Å². The zero-order chi connectivity index (χ0) is 18.9. The second-order valence-corrected chi connectivity index (χ2v) is 9.15. The van der Waals surface area contributed by atoms with Crippen LogP contribution in [0.2, 0.25) is 0 Å². The third-order valence-corrected chi connectivity index (χ3v) is 7.08. The van der Waals surface area contributed by atoms with Gasteiger partial charge in [0, 0.05) is 29.5 Å². The molecule has 2 aromatic heterocycles. The van der Waals surface area contributed by atoms with Crippen LogP contribution in [0.25, 0.3) is 10.9 Å². The van der Waals surface area contributed by atoms with Crippen LogP contribution in [0.3, 0.4) is 0 Å². The van der Waals surface area contributed by atoms with Crippen LogP contribution in [0, 0.1) is 0 Å². The Hall–Kier alpha value is -2.26. The van der Waals surface area contributed by atoms with Crippen molar-refractivity contribution in [3.8, 4) is 0 Å². The molecule has 0 aliphatic carbocycles. The molecule has 0 radical (unpaired) electrons. The molecule has 1 atom stereocenters. The number of piperidine rings is 1. The van der Waals surface area contributed by atoms with E-state index in [1.54, 1.807) is 23.7 Å². The molecule has 1 unspecified atom stereocenters. The number of sulfonamides is 1. The van der Waals surface area contributed by atoms with Crippen molar-refractivity contribution in [1.29, 1.82) is 0 Å². The van der Waals surface area contributed by atoms with E-state index in [0.29, 0.717) is 16.7 Å². The minimum atomic E-state index is -3.70. The number of hydrogen-bond acceptors (Lipinski definition) is 7. The van der Waals surface area contributed by atoms with Crippen LogP contribution in [-0.2, 0) is 10.0 Å². The van der Waals surface area contributed by atoms with Gasteiger partial charge in [0.25, 0.3) is 10.0 Å². The van der Waals surface area contributed by atoms with E-state index in [0.717, 1.165) is 37.0 Å². The van der Waals surface area contributed by atoms with Gasteiger partial charge in [-0.3, -0.25) is 4.72 Å². The molecule has 142 valence electrons. The number of hydrogen-bond donors (Lipinski definition) is 1. The standard InChI is InChI=1S/C18H21N5O2S2/c1-2-13-5-3-4-9-23(13)17-15-7-6-14(11-16(15)20-12-21-17)27(24,25)22-18-19-8-10-26-18/h6-8,10-13H,2-5,9H2,1H3,(H,19,22). The van der Waals surface area contributed by atoms with Gasteiger partial charge in [-0.15, -0.1) is 11.3 Å². The molecule has 3 aromatic rings. The lowest BCUT2D eigenvalue weighted by Crippen LogP contribution is -2.39. The highest BCUT2D eigenvalue weighted by Crippen LogP contribution is 2.31. The summed E-state index contributed by atoms with van der Waals surface area (Å²) in [6.07, 6.45) is 7.69. The summed E-state index contributed by atoms with van der Waals surface area (Å²) in [5.74, 6) is 0.892. The van der Waals surface area contributed by atoms with E-state index in [2.05, 4.69) is 31.5 Å². The summed E-state index contributed by atoms with van der Waals surface area (Å²) in [5, 5.41) is 2.95. The van der Waals surface area contributed by atoms with Crippen molar-refractivity contribution in [2.24, 2.45) is 0 Å². The Morgan fingerprint density at radius 2 is 2.15 bits per heavy atom. The van der Waals surface area contributed by atoms with Gasteiger partial charge in [-0.2, -0.15) is 0 Å². The molecule has 0 spiro atoms. The third-order valence-electron chi connectivity index (χ3n) is 4.92. The molecule has 0 amide bonds. The van der Waals surface area contributed by atoms with Gasteiger partial charge in [0.05, 0.1) is 10.4 Å². The predicted molar refractivity (Wildman–Crippen MR) is 108 cm³/mol. The Morgan fingerprint density at radius 1 is 1.26 bits per heavy atom. The average Bonchev–Trinajstić information content (AvgIpc) is 3.19. The molecule has 1 fully saturated rings. The minimum absolute atomic E-state index is 0.167. The molecule has 4 rings (SSSR count). The normalized spacial score (nSPS) is 18.0. The molecule has 9 heteroatoms. The molecular formula is C18H21N5O2S2.